The van der Waals surface area contributed by atoms with Gasteiger partial charge in [0, 0.05) is 11.1 Å². The molecule has 2 heterocycles. The average molecular weight is 539 g/mol. The van der Waals surface area contributed by atoms with E-state index in [1.165, 1.54) is 28.0 Å². The van der Waals surface area contributed by atoms with Crippen molar-refractivity contribution in [2.75, 3.05) is 13.2 Å². The number of nitrogens with zero attached hydrogens (tertiary/aromatic N) is 2. The van der Waals surface area contributed by atoms with Gasteiger partial charge in [-0.2, -0.15) is 0 Å². The van der Waals surface area contributed by atoms with E-state index in [2.05, 4.69) is 5.92 Å². The van der Waals surface area contributed by atoms with Crippen LogP contribution in [0.25, 0.3) is 11.8 Å². The molecule has 0 spiro atoms. The molecular weight excluding hydrogens is 515 g/mol. The molecule has 6 nitrogen and oxygen atoms in total. The number of thiazole rings is 1. The number of rotatable bonds is 7. The zero-order chi connectivity index (χ0) is 27.4. The van der Waals surface area contributed by atoms with E-state index in [0.717, 1.165) is 0 Å². The standard InChI is InChI=1S/C31H23FN2O4S/c1-3-18-38-24-13-9-8-12-22(24)19-25-29(35)34-28(21-14-16-23(32)17-15-21)26(30(36)37-4-2)27(33-31(34)39-25)20-10-6-5-7-11-20/h1,5-17,19,28H,4,18H2,2H3/t28-/m1/s1. The van der Waals surface area contributed by atoms with Crippen molar-refractivity contribution < 1.29 is 18.7 Å². The Balaban J connectivity index is 1.80. The van der Waals surface area contributed by atoms with E-state index < -0.39 is 17.8 Å². The number of halogens is 1. The second kappa shape index (κ2) is 11.3. The zero-order valence-electron chi connectivity index (χ0n) is 21.0. The van der Waals surface area contributed by atoms with Crippen molar-refractivity contribution in [1.29, 1.82) is 0 Å². The number of para-hydroxylation sites is 1. The highest BCUT2D eigenvalue weighted by molar-refractivity contribution is 7.07. The molecule has 0 unspecified atom stereocenters. The molecule has 0 radical (unpaired) electrons. The molecule has 0 amide bonds. The van der Waals surface area contributed by atoms with Crippen LogP contribution in [-0.4, -0.2) is 23.8 Å². The minimum atomic E-state index is -0.883. The molecule has 194 valence electrons. The first-order chi connectivity index (χ1) is 19.0. The van der Waals surface area contributed by atoms with Gasteiger partial charge in [-0.15, -0.1) is 6.42 Å². The number of ether oxygens (including phenoxy) is 2. The van der Waals surface area contributed by atoms with E-state index >= 15 is 0 Å². The fourth-order valence-electron chi connectivity index (χ4n) is 4.39. The lowest BCUT2D eigenvalue weighted by Gasteiger charge is -2.25. The summed E-state index contributed by atoms with van der Waals surface area (Å²) in [6, 6.07) is 21.3. The highest BCUT2D eigenvalue weighted by Gasteiger charge is 2.35. The van der Waals surface area contributed by atoms with Crippen molar-refractivity contribution in [3.63, 3.8) is 0 Å². The minimum absolute atomic E-state index is 0.0833. The molecule has 0 saturated carbocycles. The Labute approximate surface area is 228 Å². The van der Waals surface area contributed by atoms with Crippen LogP contribution < -0.4 is 19.6 Å². The molecule has 0 N–H and O–H groups in total. The average Bonchev–Trinajstić information content (AvgIpc) is 3.27. The number of carbonyl (C=O) groups excluding carboxylic acids is 1. The Hall–Kier alpha value is -4.74. The molecule has 1 aromatic heterocycles. The van der Waals surface area contributed by atoms with Crippen molar-refractivity contribution >= 4 is 29.1 Å². The van der Waals surface area contributed by atoms with Gasteiger partial charge in [-0.3, -0.25) is 9.36 Å². The van der Waals surface area contributed by atoms with Gasteiger partial charge < -0.3 is 9.47 Å². The van der Waals surface area contributed by atoms with E-state index in [-0.39, 0.29) is 24.3 Å². The predicted octanol–water partition coefficient (Wildman–Crippen LogP) is 4.09. The zero-order valence-corrected chi connectivity index (χ0v) is 21.8. The number of hydrogen-bond acceptors (Lipinski definition) is 6. The molecule has 3 aromatic carbocycles. The van der Waals surface area contributed by atoms with Gasteiger partial charge in [-0.05, 0) is 36.8 Å². The third kappa shape index (κ3) is 5.17. The lowest BCUT2D eigenvalue weighted by molar-refractivity contribution is -0.138. The minimum Gasteiger partial charge on any atom is -0.480 e. The monoisotopic (exact) mass is 538 g/mol. The van der Waals surface area contributed by atoms with Gasteiger partial charge in [0.05, 0.1) is 28.5 Å². The summed E-state index contributed by atoms with van der Waals surface area (Å²) in [7, 11) is 0. The maximum atomic E-state index is 13.9. The van der Waals surface area contributed by atoms with Crippen molar-refractivity contribution in [3.05, 3.63) is 127 Å². The Bertz CT molecular complexity index is 1780. The predicted molar refractivity (Wildman–Crippen MR) is 148 cm³/mol. The third-order valence-corrected chi connectivity index (χ3v) is 7.06. The second-order valence-electron chi connectivity index (χ2n) is 8.51. The number of benzene rings is 3. The topological polar surface area (TPSA) is 69.9 Å². The van der Waals surface area contributed by atoms with Crippen LogP contribution in [0.3, 0.4) is 0 Å². The molecule has 1 aliphatic rings. The molecule has 1 aliphatic heterocycles. The summed E-state index contributed by atoms with van der Waals surface area (Å²) >= 11 is 1.19. The van der Waals surface area contributed by atoms with E-state index in [0.29, 0.717) is 37.5 Å². The quantitative estimate of drug-likeness (QED) is 0.263. The van der Waals surface area contributed by atoms with Crippen LogP contribution in [-0.2, 0) is 9.53 Å². The highest BCUT2D eigenvalue weighted by atomic mass is 32.1. The molecule has 5 rings (SSSR count). The van der Waals surface area contributed by atoms with Crippen LogP contribution in [0.4, 0.5) is 4.39 Å². The number of hydrogen-bond donors (Lipinski definition) is 0. The molecule has 39 heavy (non-hydrogen) atoms. The number of aromatic nitrogens is 1. The van der Waals surface area contributed by atoms with Crippen LogP contribution in [0.5, 0.6) is 5.75 Å². The summed E-state index contributed by atoms with van der Waals surface area (Å²) in [6.45, 7) is 1.93. The van der Waals surface area contributed by atoms with Gasteiger partial charge in [0.1, 0.15) is 18.2 Å². The molecule has 8 heteroatoms. The molecule has 1 atom stereocenters. The lowest BCUT2D eigenvalue weighted by atomic mass is 9.93. The lowest BCUT2D eigenvalue weighted by Crippen LogP contribution is -2.40. The molecule has 0 saturated heterocycles. The van der Waals surface area contributed by atoms with Crippen molar-refractivity contribution in [2.24, 2.45) is 4.99 Å². The van der Waals surface area contributed by atoms with E-state index in [1.807, 2.05) is 48.5 Å². The third-order valence-electron chi connectivity index (χ3n) is 6.08. The van der Waals surface area contributed by atoms with Crippen LogP contribution >= 0.6 is 11.3 Å². The Morgan fingerprint density at radius 1 is 1.10 bits per heavy atom. The smallest absolute Gasteiger partial charge is 0.338 e. The SMILES string of the molecule is C#CCOc1ccccc1C=c1sc2n(c1=O)[C@H](c1ccc(F)cc1)C(C(=O)OCC)=C(c1ccccc1)N=2. The number of fused-ring (bicyclic) bond motifs is 1. The molecular formula is C31H23FN2O4S. The second-order valence-corrected chi connectivity index (χ2v) is 9.52. The maximum absolute atomic E-state index is 13.9. The van der Waals surface area contributed by atoms with Gasteiger partial charge >= 0.3 is 5.97 Å². The number of carbonyl (C=O) groups is 1. The summed E-state index contributed by atoms with van der Waals surface area (Å²) in [5.41, 5.74) is 2.16. The summed E-state index contributed by atoms with van der Waals surface area (Å²) in [6.07, 6.45) is 7.07. The first kappa shape index (κ1) is 25.9. The van der Waals surface area contributed by atoms with Gasteiger partial charge in [0.15, 0.2) is 4.80 Å². The molecule has 0 aliphatic carbocycles. The van der Waals surface area contributed by atoms with E-state index in [4.69, 9.17) is 20.9 Å². The van der Waals surface area contributed by atoms with E-state index in [1.54, 1.807) is 31.2 Å². The number of terminal acetylenes is 1. The van der Waals surface area contributed by atoms with Gasteiger partial charge in [-0.1, -0.05) is 77.9 Å². The Kier molecular flexibility index (Phi) is 7.53. The maximum Gasteiger partial charge on any atom is 0.338 e. The molecule has 0 fully saturated rings. The summed E-state index contributed by atoms with van der Waals surface area (Å²) in [4.78, 5) is 32.5. The Morgan fingerprint density at radius 2 is 1.82 bits per heavy atom. The van der Waals surface area contributed by atoms with Gasteiger partial charge in [0.2, 0.25) is 0 Å². The van der Waals surface area contributed by atoms with Crippen molar-refractivity contribution in [3.8, 4) is 18.1 Å². The number of esters is 1. The summed E-state index contributed by atoms with van der Waals surface area (Å²) in [5.74, 6) is 1.95. The summed E-state index contributed by atoms with van der Waals surface area (Å²) in [5, 5.41) is 0. The van der Waals surface area contributed by atoms with Crippen LogP contribution in [0.2, 0.25) is 0 Å². The fraction of sp³-hybridized carbons (Fsp3) is 0.129. The molecule has 4 aromatic rings. The van der Waals surface area contributed by atoms with Crippen LogP contribution in [0.15, 0.2) is 94.2 Å². The van der Waals surface area contributed by atoms with Gasteiger partial charge in [0.25, 0.3) is 5.56 Å². The van der Waals surface area contributed by atoms with Crippen LogP contribution in [0, 0.1) is 18.2 Å². The highest BCUT2D eigenvalue weighted by Crippen LogP contribution is 2.35. The van der Waals surface area contributed by atoms with Crippen molar-refractivity contribution in [2.45, 2.75) is 13.0 Å². The fourth-order valence-corrected chi connectivity index (χ4v) is 5.38. The first-order valence-corrected chi connectivity index (χ1v) is 13.0. The first-order valence-electron chi connectivity index (χ1n) is 12.2. The Morgan fingerprint density at radius 3 is 2.54 bits per heavy atom. The molecule has 0 bridgehead atoms. The largest absolute Gasteiger partial charge is 0.480 e. The van der Waals surface area contributed by atoms with E-state index in [9.17, 15) is 14.0 Å². The van der Waals surface area contributed by atoms with Crippen molar-refractivity contribution in [1.82, 2.24) is 4.57 Å². The summed E-state index contributed by atoms with van der Waals surface area (Å²) < 4.78 is 26.8. The van der Waals surface area contributed by atoms with Crippen LogP contribution in [0.1, 0.15) is 29.7 Å². The van der Waals surface area contributed by atoms with Gasteiger partial charge in [-0.25, -0.2) is 14.2 Å². The normalized spacial score (nSPS) is 14.8.